The number of halogens is 3. The fourth-order valence-corrected chi connectivity index (χ4v) is 3.97. The molecule has 0 fully saturated rings. The highest BCUT2D eigenvalue weighted by atomic mass is 19.4. The Bertz CT molecular complexity index is 904. The number of nitrogens with one attached hydrogen (secondary N) is 1. The van der Waals surface area contributed by atoms with E-state index in [-0.39, 0.29) is 23.4 Å². The zero-order chi connectivity index (χ0) is 18.5. The first-order valence-corrected chi connectivity index (χ1v) is 8.32. The van der Waals surface area contributed by atoms with Crippen LogP contribution in [0.2, 0.25) is 0 Å². The van der Waals surface area contributed by atoms with E-state index in [9.17, 15) is 23.1 Å². The molecular weight excluding hydrogens is 343 g/mol. The van der Waals surface area contributed by atoms with Gasteiger partial charge in [-0.3, -0.25) is 0 Å². The number of carboxylic acids is 1. The SMILES string of the molecule is O=C(O)c1ccc2c(c1)[C@H]1C=CC[C@H]1[C@@H](c1cccc(C(F)(F)F)c1)N2. The largest absolute Gasteiger partial charge is 0.478 e. The van der Waals surface area contributed by atoms with Crippen LogP contribution < -0.4 is 5.32 Å². The molecule has 134 valence electrons. The quantitative estimate of drug-likeness (QED) is 0.722. The normalized spacial score (nSPS) is 23.9. The highest BCUT2D eigenvalue weighted by Crippen LogP contribution is 2.50. The fraction of sp³-hybridized carbons (Fsp3) is 0.250. The van der Waals surface area contributed by atoms with Crippen molar-refractivity contribution >= 4 is 11.7 Å². The van der Waals surface area contributed by atoms with E-state index in [0.29, 0.717) is 5.56 Å². The minimum atomic E-state index is -4.38. The van der Waals surface area contributed by atoms with Gasteiger partial charge in [-0.05, 0) is 53.8 Å². The molecule has 2 aliphatic rings. The van der Waals surface area contributed by atoms with Gasteiger partial charge in [0.1, 0.15) is 0 Å². The zero-order valence-corrected chi connectivity index (χ0v) is 13.6. The van der Waals surface area contributed by atoms with Crippen LogP contribution in [0.3, 0.4) is 0 Å². The van der Waals surface area contributed by atoms with Crippen molar-refractivity contribution in [3.63, 3.8) is 0 Å². The van der Waals surface area contributed by atoms with Crippen LogP contribution >= 0.6 is 0 Å². The summed E-state index contributed by atoms with van der Waals surface area (Å²) in [6, 6.07) is 10.0. The van der Waals surface area contributed by atoms with Gasteiger partial charge in [-0.15, -0.1) is 0 Å². The van der Waals surface area contributed by atoms with Crippen LogP contribution in [0.25, 0.3) is 0 Å². The second kappa shape index (κ2) is 5.90. The van der Waals surface area contributed by atoms with E-state index in [1.165, 1.54) is 18.2 Å². The highest BCUT2D eigenvalue weighted by Gasteiger charge is 2.39. The molecule has 0 aromatic heterocycles. The molecule has 4 rings (SSSR count). The molecule has 2 N–H and O–H groups in total. The number of rotatable bonds is 2. The molecular formula is C20H16F3NO2. The summed E-state index contributed by atoms with van der Waals surface area (Å²) >= 11 is 0. The molecule has 26 heavy (non-hydrogen) atoms. The Kier molecular flexibility index (Phi) is 3.79. The summed E-state index contributed by atoms with van der Waals surface area (Å²) in [7, 11) is 0. The van der Waals surface area contributed by atoms with Crippen molar-refractivity contribution in [1.29, 1.82) is 0 Å². The lowest BCUT2D eigenvalue weighted by atomic mass is 9.76. The fourth-order valence-electron chi connectivity index (χ4n) is 3.97. The molecule has 0 spiro atoms. The number of fused-ring (bicyclic) bond motifs is 3. The first-order chi connectivity index (χ1) is 12.3. The Morgan fingerprint density at radius 1 is 1.15 bits per heavy atom. The van der Waals surface area contributed by atoms with E-state index >= 15 is 0 Å². The summed E-state index contributed by atoms with van der Waals surface area (Å²) < 4.78 is 39.2. The Hall–Kier alpha value is -2.76. The van der Waals surface area contributed by atoms with Crippen molar-refractivity contribution in [3.8, 4) is 0 Å². The first kappa shape index (κ1) is 16.7. The Morgan fingerprint density at radius 2 is 1.96 bits per heavy atom. The maximum absolute atomic E-state index is 13.1. The van der Waals surface area contributed by atoms with Crippen LogP contribution in [0, 0.1) is 5.92 Å². The second-order valence-corrected chi connectivity index (χ2v) is 6.71. The van der Waals surface area contributed by atoms with Crippen molar-refractivity contribution in [3.05, 3.63) is 76.9 Å². The maximum Gasteiger partial charge on any atom is 0.416 e. The minimum absolute atomic E-state index is 0.00917. The molecule has 2 aromatic carbocycles. The molecule has 0 radical (unpaired) electrons. The van der Waals surface area contributed by atoms with E-state index in [1.807, 2.05) is 12.2 Å². The molecule has 0 saturated carbocycles. The number of hydrogen-bond acceptors (Lipinski definition) is 2. The smallest absolute Gasteiger partial charge is 0.416 e. The third-order valence-electron chi connectivity index (χ3n) is 5.18. The molecule has 2 aromatic rings. The van der Waals surface area contributed by atoms with Crippen molar-refractivity contribution in [2.24, 2.45) is 5.92 Å². The topological polar surface area (TPSA) is 49.3 Å². The van der Waals surface area contributed by atoms with E-state index in [1.54, 1.807) is 18.2 Å². The summed E-state index contributed by atoms with van der Waals surface area (Å²) in [5, 5.41) is 12.5. The molecule has 6 heteroatoms. The lowest BCUT2D eigenvalue weighted by molar-refractivity contribution is -0.137. The summed E-state index contributed by atoms with van der Waals surface area (Å²) in [4.78, 5) is 11.3. The average Bonchev–Trinajstić information content (AvgIpc) is 3.10. The first-order valence-electron chi connectivity index (χ1n) is 8.32. The van der Waals surface area contributed by atoms with Gasteiger partial charge in [0.05, 0.1) is 17.2 Å². The van der Waals surface area contributed by atoms with E-state index in [2.05, 4.69) is 5.32 Å². The lowest BCUT2D eigenvalue weighted by Crippen LogP contribution is -2.29. The van der Waals surface area contributed by atoms with Crippen molar-refractivity contribution in [2.75, 3.05) is 5.32 Å². The van der Waals surface area contributed by atoms with E-state index < -0.39 is 17.7 Å². The molecule has 0 unspecified atom stereocenters. The van der Waals surface area contributed by atoms with Crippen LogP contribution in [-0.2, 0) is 6.18 Å². The van der Waals surface area contributed by atoms with Crippen LogP contribution in [-0.4, -0.2) is 11.1 Å². The highest BCUT2D eigenvalue weighted by molar-refractivity contribution is 5.89. The molecule has 1 aliphatic carbocycles. The third-order valence-corrected chi connectivity index (χ3v) is 5.18. The average molecular weight is 359 g/mol. The van der Waals surface area contributed by atoms with Gasteiger partial charge in [0.25, 0.3) is 0 Å². The van der Waals surface area contributed by atoms with Crippen LogP contribution in [0.1, 0.15) is 45.4 Å². The standard InChI is InChI=1S/C20H16F3NO2/c21-20(22,23)13-4-1-3-11(9-13)18-15-6-2-5-14(15)16-10-12(19(25)26)7-8-17(16)24-18/h1-5,7-10,14-15,18,24H,6H2,(H,25,26)/t14-,15+,18+/m0/s1. The molecule has 3 nitrogen and oxygen atoms in total. The Balaban J connectivity index is 1.76. The van der Waals surface area contributed by atoms with Gasteiger partial charge < -0.3 is 10.4 Å². The molecule has 0 bridgehead atoms. The van der Waals surface area contributed by atoms with Gasteiger partial charge >= 0.3 is 12.1 Å². The van der Waals surface area contributed by atoms with Crippen molar-refractivity contribution in [1.82, 2.24) is 0 Å². The van der Waals surface area contributed by atoms with Crippen molar-refractivity contribution in [2.45, 2.75) is 24.6 Å². The lowest BCUT2D eigenvalue weighted by Gasteiger charge is -2.37. The number of benzene rings is 2. The van der Waals surface area contributed by atoms with Gasteiger partial charge in [0, 0.05) is 11.6 Å². The molecule has 0 saturated heterocycles. The number of anilines is 1. The number of allylic oxidation sites excluding steroid dienone is 2. The van der Waals surface area contributed by atoms with Gasteiger partial charge in [-0.2, -0.15) is 13.2 Å². The number of hydrogen-bond donors (Lipinski definition) is 2. The summed E-state index contributed by atoms with van der Waals surface area (Å²) in [5.41, 5.74) is 1.79. The van der Waals surface area contributed by atoms with Crippen LogP contribution in [0.4, 0.5) is 18.9 Å². The van der Waals surface area contributed by atoms with Crippen LogP contribution in [0.5, 0.6) is 0 Å². The molecule has 3 atom stereocenters. The van der Waals surface area contributed by atoms with Crippen LogP contribution in [0.15, 0.2) is 54.6 Å². The van der Waals surface area contributed by atoms with Gasteiger partial charge in [-0.1, -0.05) is 24.3 Å². The van der Waals surface area contributed by atoms with Gasteiger partial charge in [0.2, 0.25) is 0 Å². The molecule has 0 amide bonds. The summed E-state index contributed by atoms with van der Waals surface area (Å²) in [6.45, 7) is 0. The number of aromatic carboxylic acids is 1. The van der Waals surface area contributed by atoms with Crippen molar-refractivity contribution < 1.29 is 23.1 Å². The van der Waals surface area contributed by atoms with E-state index in [0.717, 1.165) is 23.7 Å². The maximum atomic E-state index is 13.1. The van der Waals surface area contributed by atoms with Gasteiger partial charge in [-0.25, -0.2) is 4.79 Å². The summed E-state index contributed by atoms with van der Waals surface area (Å²) in [6.07, 6.45) is 0.387. The minimum Gasteiger partial charge on any atom is -0.478 e. The molecule has 1 heterocycles. The zero-order valence-electron chi connectivity index (χ0n) is 13.6. The third kappa shape index (κ3) is 2.75. The number of alkyl halides is 3. The monoisotopic (exact) mass is 359 g/mol. The van der Waals surface area contributed by atoms with Gasteiger partial charge in [0.15, 0.2) is 0 Å². The number of carboxylic acid groups (broad SMARTS) is 1. The Labute approximate surface area is 148 Å². The van der Waals surface area contributed by atoms with E-state index in [4.69, 9.17) is 0 Å². The molecule has 1 aliphatic heterocycles. The summed E-state index contributed by atoms with van der Waals surface area (Å²) in [5.74, 6) is -0.952. The Morgan fingerprint density at radius 3 is 2.69 bits per heavy atom. The predicted molar refractivity (Wildman–Crippen MR) is 91.2 cm³/mol. The predicted octanol–water partition coefficient (Wildman–Crippen LogP) is 5.23. The number of carbonyl (C=O) groups is 1. The second-order valence-electron chi connectivity index (χ2n) is 6.71.